The molecule has 0 amide bonds. The molecule has 12 nitrogen and oxygen atoms in total. The van der Waals surface area contributed by atoms with Crippen molar-refractivity contribution >= 4 is 39.3 Å². The van der Waals surface area contributed by atoms with Crippen LogP contribution in [-0.2, 0) is 10.0 Å². The van der Waals surface area contributed by atoms with E-state index in [-0.39, 0.29) is 16.9 Å². The second-order valence-corrected chi connectivity index (χ2v) is 8.53. The lowest BCUT2D eigenvalue weighted by Crippen LogP contribution is -2.16. The van der Waals surface area contributed by atoms with Gasteiger partial charge in [0.15, 0.2) is 11.5 Å². The van der Waals surface area contributed by atoms with E-state index in [1.807, 2.05) is 0 Å². The standard InChI is InChI=1S/C22H20N4O8S/c1-33-20-9-5-6-14(21(20)34-2)13-23-24-18-11-10-15(12-19(18)26(29)30)35(31,32)25-17-8-4-3-7-16(17)22(27)28/h3-13,24-25H,1-2H3,(H,27,28)/b23-13+. The van der Waals surface area contributed by atoms with Gasteiger partial charge in [-0.2, -0.15) is 5.10 Å². The molecule has 0 radical (unpaired) electrons. The number of nitrogens with one attached hydrogen (secondary N) is 2. The fourth-order valence-electron chi connectivity index (χ4n) is 3.07. The topological polar surface area (TPSA) is 169 Å². The lowest BCUT2D eigenvalue weighted by Gasteiger charge is -2.11. The van der Waals surface area contributed by atoms with Crippen LogP contribution in [0.5, 0.6) is 11.5 Å². The van der Waals surface area contributed by atoms with Crippen molar-refractivity contribution < 1.29 is 32.7 Å². The maximum absolute atomic E-state index is 12.8. The van der Waals surface area contributed by atoms with Crippen molar-refractivity contribution in [2.24, 2.45) is 5.10 Å². The first-order valence-corrected chi connectivity index (χ1v) is 11.3. The number of ether oxygens (including phenoxy) is 2. The number of nitro benzene ring substituents is 1. The summed E-state index contributed by atoms with van der Waals surface area (Å²) in [6, 6.07) is 13.6. The number of carbonyl (C=O) groups is 1. The van der Waals surface area contributed by atoms with E-state index >= 15 is 0 Å². The van der Waals surface area contributed by atoms with Crippen molar-refractivity contribution in [3.8, 4) is 11.5 Å². The minimum absolute atomic E-state index is 0.0713. The van der Waals surface area contributed by atoms with Crippen LogP contribution in [0.4, 0.5) is 17.1 Å². The Kier molecular flexibility index (Phi) is 7.51. The van der Waals surface area contributed by atoms with Gasteiger partial charge in [-0.3, -0.25) is 20.3 Å². The molecule has 0 fully saturated rings. The Labute approximate surface area is 200 Å². The lowest BCUT2D eigenvalue weighted by atomic mass is 10.2. The third-order valence-corrected chi connectivity index (χ3v) is 6.06. The number of para-hydroxylation sites is 2. The Morgan fingerprint density at radius 1 is 1.06 bits per heavy atom. The molecule has 0 aliphatic heterocycles. The monoisotopic (exact) mass is 500 g/mol. The molecule has 0 aromatic heterocycles. The fourth-order valence-corrected chi connectivity index (χ4v) is 4.17. The highest BCUT2D eigenvalue weighted by molar-refractivity contribution is 7.92. The van der Waals surface area contributed by atoms with E-state index in [1.165, 1.54) is 50.8 Å². The SMILES string of the molecule is COc1cccc(/C=N/Nc2ccc(S(=O)(=O)Nc3ccccc3C(=O)O)cc2[N+](=O)[O-])c1OC. The Morgan fingerprint density at radius 3 is 2.46 bits per heavy atom. The van der Waals surface area contributed by atoms with Gasteiger partial charge in [-0.1, -0.05) is 18.2 Å². The van der Waals surface area contributed by atoms with E-state index in [1.54, 1.807) is 18.2 Å². The minimum Gasteiger partial charge on any atom is -0.493 e. The maximum atomic E-state index is 12.8. The Balaban J connectivity index is 1.89. The average Bonchev–Trinajstić information content (AvgIpc) is 2.83. The van der Waals surface area contributed by atoms with Crippen molar-refractivity contribution in [3.63, 3.8) is 0 Å². The van der Waals surface area contributed by atoms with Crippen LogP contribution in [0.15, 0.2) is 70.7 Å². The number of sulfonamides is 1. The summed E-state index contributed by atoms with van der Waals surface area (Å²) < 4.78 is 38.2. The summed E-state index contributed by atoms with van der Waals surface area (Å²) >= 11 is 0. The van der Waals surface area contributed by atoms with E-state index < -0.39 is 31.5 Å². The molecule has 0 saturated carbocycles. The molecule has 0 unspecified atom stereocenters. The zero-order valence-corrected chi connectivity index (χ0v) is 19.3. The van der Waals surface area contributed by atoms with Crippen LogP contribution in [0.25, 0.3) is 0 Å². The fraction of sp³-hybridized carbons (Fsp3) is 0.0909. The number of rotatable bonds is 10. The Hall–Kier alpha value is -4.65. The normalized spacial score (nSPS) is 11.1. The zero-order valence-electron chi connectivity index (χ0n) is 18.5. The molecule has 0 heterocycles. The number of hydrogen-bond acceptors (Lipinski definition) is 9. The molecule has 13 heteroatoms. The largest absolute Gasteiger partial charge is 0.493 e. The number of hydrazone groups is 1. The quantitative estimate of drug-likeness (QED) is 0.214. The van der Waals surface area contributed by atoms with E-state index in [0.717, 1.165) is 12.1 Å². The number of benzene rings is 3. The molecule has 3 aromatic rings. The molecule has 3 N–H and O–H groups in total. The Bertz CT molecular complexity index is 1410. The van der Waals surface area contributed by atoms with Crippen molar-refractivity contribution in [2.45, 2.75) is 4.90 Å². The number of carboxylic acid groups (broad SMARTS) is 1. The predicted octanol–water partition coefficient (Wildman–Crippen LogP) is 3.56. The van der Waals surface area contributed by atoms with Gasteiger partial charge < -0.3 is 14.6 Å². The molecule has 0 spiro atoms. The summed E-state index contributed by atoms with van der Waals surface area (Å²) in [5.74, 6) is -0.461. The Morgan fingerprint density at radius 2 is 1.80 bits per heavy atom. The molecule has 182 valence electrons. The molecule has 3 aromatic carbocycles. The third kappa shape index (κ3) is 5.65. The number of anilines is 2. The van der Waals surface area contributed by atoms with Crippen LogP contribution in [0, 0.1) is 10.1 Å². The molecule has 0 saturated heterocycles. The van der Waals surface area contributed by atoms with Crippen molar-refractivity contribution in [3.05, 3.63) is 81.9 Å². The van der Waals surface area contributed by atoms with E-state index in [4.69, 9.17) is 9.47 Å². The molecule has 0 bridgehead atoms. The molecule has 35 heavy (non-hydrogen) atoms. The molecule has 0 aliphatic rings. The van der Waals surface area contributed by atoms with Crippen molar-refractivity contribution in [1.29, 1.82) is 0 Å². The first kappa shape index (κ1) is 25.0. The van der Waals surface area contributed by atoms with Crippen LogP contribution in [0.1, 0.15) is 15.9 Å². The van der Waals surface area contributed by atoms with E-state index in [0.29, 0.717) is 17.1 Å². The average molecular weight is 500 g/mol. The van der Waals surface area contributed by atoms with Crippen LogP contribution < -0.4 is 19.6 Å². The van der Waals surface area contributed by atoms with Gasteiger partial charge in [0.05, 0.1) is 41.5 Å². The third-order valence-electron chi connectivity index (χ3n) is 4.70. The van der Waals surface area contributed by atoms with Gasteiger partial charge >= 0.3 is 5.97 Å². The molecular weight excluding hydrogens is 480 g/mol. The second-order valence-electron chi connectivity index (χ2n) is 6.85. The van der Waals surface area contributed by atoms with Gasteiger partial charge in [0, 0.05) is 11.6 Å². The highest BCUT2D eigenvalue weighted by Crippen LogP contribution is 2.31. The summed E-state index contributed by atoms with van der Waals surface area (Å²) in [5.41, 5.74) is 1.97. The van der Waals surface area contributed by atoms with Gasteiger partial charge in [-0.25, -0.2) is 13.2 Å². The second kappa shape index (κ2) is 10.5. The molecular formula is C22H20N4O8S. The number of carboxylic acids is 1. The van der Waals surface area contributed by atoms with Gasteiger partial charge in [0.1, 0.15) is 5.69 Å². The summed E-state index contributed by atoms with van der Waals surface area (Å²) in [7, 11) is -1.41. The highest BCUT2D eigenvalue weighted by atomic mass is 32.2. The maximum Gasteiger partial charge on any atom is 0.337 e. The summed E-state index contributed by atoms with van der Waals surface area (Å²) in [5, 5.41) is 24.8. The predicted molar refractivity (Wildman–Crippen MR) is 128 cm³/mol. The first-order chi connectivity index (χ1) is 16.7. The molecule has 0 aliphatic carbocycles. The van der Waals surface area contributed by atoms with Crippen LogP contribution in [-0.4, -0.2) is 44.9 Å². The van der Waals surface area contributed by atoms with Gasteiger partial charge in [-0.05, 0) is 36.4 Å². The number of hydrogen-bond donors (Lipinski definition) is 3. The number of nitrogens with zero attached hydrogens (tertiary/aromatic N) is 2. The van der Waals surface area contributed by atoms with Gasteiger partial charge in [0.2, 0.25) is 0 Å². The van der Waals surface area contributed by atoms with Gasteiger partial charge in [-0.15, -0.1) is 0 Å². The first-order valence-electron chi connectivity index (χ1n) is 9.81. The summed E-state index contributed by atoms with van der Waals surface area (Å²) in [4.78, 5) is 21.7. The number of methoxy groups -OCH3 is 2. The number of aromatic carboxylic acids is 1. The van der Waals surface area contributed by atoms with Crippen molar-refractivity contribution in [2.75, 3.05) is 24.4 Å². The van der Waals surface area contributed by atoms with Crippen LogP contribution >= 0.6 is 0 Å². The summed E-state index contributed by atoms with van der Waals surface area (Å²) in [6.07, 6.45) is 1.36. The smallest absolute Gasteiger partial charge is 0.337 e. The van der Waals surface area contributed by atoms with Gasteiger partial charge in [0.25, 0.3) is 15.7 Å². The lowest BCUT2D eigenvalue weighted by molar-refractivity contribution is -0.384. The summed E-state index contributed by atoms with van der Waals surface area (Å²) in [6.45, 7) is 0. The zero-order chi connectivity index (χ0) is 25.6. The van der Waals surface area contributed by atoms with Crippen molar-refractivity contribution in [1.82, 2.24) is 0 Å². The van der Waals surface area contributed by atoms with E-state index in [9.17, 15) is 28.4 Å². The molecule has 0 atom stereocenters. The number of nitro groups is 1. The minimum atomic E-state index is -4.34. The van der Waals surface area contributed by atoms with Crippen LogP contribution in [0.3, 0.4) is 0 Å². The van der Waals surface area contributed by atoms with Crippen LogP contribution in [0.2, 0.25) is 0 Å². The molecule has 3 rings (SSSR count). The van der Waals surface area contributed by atoms with E-state index in [2.05, 4.69) is 15.2 Å². The highest BCUT2D eigenvalue weighted by Gasteiger charge is 2.23.